The lowest BCUT2D eigenvalue weighted by Gasteiger charge is -2.29. The molecule has 32 nitrogen and oxygen atoms in total. The molecule has 12 atom stereocenters. The van der Waals surface area contributed by atoms with Crippen molar-refractivity contribution in [1.29, 1.82) is 0 Å². The van der Waals surface area contributed by atoms with E-state index in [4.69, 9.17) is 11.5 Å². The summed E-state index contributed by atoms with van der Waals surface area (Å²) in [6.07, 6.45) is 5.07. The van der Waals surface area contributed by atoms with Gasteiger partial charge in [-0.15, -0.1) is 0 Å². The van der Waals surface area contributed by atoms with Crippen molar-refractivity contribution in [3.63, 3.8) is 0 Å². The number of aldehydes is 1. The molecular formula is C71H118N18O14. The number of hydrogen-bond donors (Lipinski definition) is 19. The van der Waals surface area contributed by atoms with Crippen molar-refractivity contribution in [3.8, 4) is 0 Å². The van der Waals surface area contributed by atoms with Gasteiger partial charge in [0.25, 0.3) is 0 Å². The molecule has 3 rings (SSSR count). The molecule has 0 unspecified atom stereocenters. The van der Waals surface area contributed by atoms with Crippen LogP contribution in [-0.4, -0.2) is 175 Å². The van der Waals surface area contributed by atoms with Gasteiger partial charge in [-0.3, -0.25) is 57.5 Å². The molecular weight excluding hydrogens is 1330 g/mol. The van der Waals surface area contributed by atoms with Crippen LogP contribution in [0.5, 0.6) is 0 Å². The summed E-state index contributed by atoms with van der Waals surface area (Å²) in [5, 5.41) is 54.6. The second-order valence-electron chi connectivity index (χ2n) is 29.0. The van der Waals surface area contributed by atoms with E-state index in [1.807, 2.05) is 27.7 Å². The van der Waals surface area contributed by atoms with Gasteiger partial charge in [-0.2, -0.15) is 0 Å². The summed E-state index contributed by atoms with van der Waals surface area (Å²) in [6, 6.07) is -6.55. The van der Waals surface area contributed by atoms with Gasteiger partial charge in [-0.1, -0.05) is 120 Å². The largest absolute Gasteiger partial charge is 0.403 e. The highest BCUT2D eigenvalue weighted by Gasteiger charge is 2.38. The second-order valence-corrected chi connectivity index (χ2v) is 29.0. The van der Waals surface area contributed by atoms with Crippen molar-refractivity contribution in [2.24, 2.45) is 47.0 Å². The standard InChI is InChI=1S/C71H118N18O14/c1-15-60(92)80-50(22-39(4)5)63(95)85-55(27-45-19-17-16-18-20-45)68(100)87-57(29-47-32-74-36-76-47)62(94)78-44(14)61(93)81-51(23-40(6)7)64(96)82-53(25-42(10)11)66(98)86-56(28-46(73)31-72)69(101)84-52(24-41(8)9)65(97)83-54(26-43(12)13)67(99)88-58(30-48-33-75-37-77-48)70(102)89-59(35-91)71(103)79-49(34-90)21-38(2)3/h16-20,31-34,38-44,49-59,74-77,91H,15,21-30,35-37,72-73H2,1-14H3,(H,78,94)(H,79,103)(H,80,92)(H,81,93)(H,82,96)(H,83,97)(H,84,101)(H,85,95)(H,86,98)(H,87,100)(H,88,99)(H,89,102)/b46-31-/t44-,49-,50-,51-,52-,53-,54-,55-,56-,57-,58-,59-/m0/s1. The molecule has 12 amide bonds. The number of hydrogen-bond acceptors (Lipinski definition) is 20. The first-order valence-corrected chi connectivity index (χ1v) is 35.8. The Morgan fingerprint density at radius 3 is 1.09 bits per heavy atom. The fraction of sp³-hybridized carbons (Fsp3) is 0.648. The first-order valence-electron chi connectivity index (χ1n) is 35.8. The number of nitrogens with two attached hydrogens (primary N) is 2. The van der Waals surface area contributed by atoms with Gasteiger partial charge in [-0.05, 0) is 86.5 Å². The van der Waals surface area contributed by atoms with E-state index in [1.54, 1.807) is 105 Å². The van der Waals surface area contributed by atoms with E-state index >= 15 is 0 Å². The molecule has 0 saturated heterocycles. The summed E-state index contributed by atoms with van der Waals surface area (Å²) in [6.45, 7) is 24.7. The van der Waals surface area contributed by atoms with Crippen molar-refractivity contribution < 1.29 is 67.4 Å². The summed E-state index contributed by atoms with van der Waals surface area (Å²) in [7, 11) is 0. The van der Waals surface area contributed by atoms with E-state index in [2.05, 4.69) is 85.1 Å². The maximum Gasteiger partial charge on any atom is 0.245 e. The van der Waals surface area contributed by atoms with Crippen molar-refractivity contribution in [2.45, 2.75) is 240 Å². The predicted molar refractivity (Wildman–Crippen MR) is 388 cm³/mol. The lowest BCUT2D eigenvalue weighted by molar-refractivity contribution is -0.136. The molecule has 2 aliphatic rings. The van der Waals surface area contributed by atoms with Crippen LogP contribution in [0.2, 0.25) is 0 Å². The van der Waals surface area contributed by atoms with Crippen LogP contribution in [-0.2, 0) is 68.7 Å². The lowest BCUT2D eigenvalue weighted by atomic mass is 9.98. The van der Waals surface area contributed by atoms with Crippen LogP contribution in [0.3, 0.4) is 0 Å². The zero-order valence-corrected chi connectivity index (χ0v) is 62.4. The van der Waals surface area contributed by atoms with Gasteiger partial charge in [0.1, 0.15) is 72.7 Å². The first-order chi connectivity index (χ1) is 48.6. The van der Waals surface area contributed by atoms with Crippen LogP contribution >= 0.6 is 0 Å². The minimum atomic E-state index is -1.52. The molecule has 0 aliphatic carbocycles. The van der Waals surface area contributed by atoms with Gasteiger partial charge in [0.15, 0.2) is 0 Å². The highest BCUT2D eigenvalue weighted by molar-refractivity contribution is 5.99. The Balaban J connectivity index is 1.89. The number of benzene rings is 1. The van der Waals surface area contributed by atoms with Gasteiger partial charge in [-0.25, -0.2) is 0 Å². The molecule has 0 saturated carbocycles. The van der Waals surface area contributed by atoms with E-state index < -0.39 is 144 Å². The van der Waals surface area contributed by atoms with E-state index in [-0.39, 0.29) is 111 Å². The fourth-order valence-corrected chi connectivity index (χ4v) is 11.3. The van der Waals surface area contributed by atoms with Crippen LogP contribution in [0, 0.1) is 35.5 Å². The fourth-order valence-electron chi connectivity index (χ4n) is 11.3. The number of aliphatic hydroxyl groups is 1. The van der Waals surface area contributed by atoms with Crippen LogP contribution < -0.4 is 96.5 Å². The number of carbonyl (C=O) groups is 13. The highest BCUT2D eigenvalue weighted by atomic mass is 16.3. The van der Waals surface area contributed by atoms with Crippen molar-refractivity contribution in [1.82, 2.24) is 85.1 Å². The molecule has 0 bridgehead atoms. The number of amides is 12. The smallest absolute Gasteiger partial charge is 0.245 e. The summed E-state index contributed by atoms with van der Waals surface area (Å²) in [4.78, 5) is 181. The quantitative estimate of drug-likeness (QED) is 0.0343. The third kappa shape index (κ3) is 32.6. The van der Waals surface area contributed by atoms with E-state index in [9.17, 15) is 67.4 Å². The van der Waals surface area contributed by atoms with Crippen molar-refractivity contribution >= 4 is 77.2 Å². The molecule has 1 aromatic rings. The Kier molecular flexibility index (Phi) is 38.2. The zero-order valence-electron chi connectivity index (χ0n) is 62.4. The Hall–Kier alpha value is -9.49. The Labute approximate surface area is 605 Å². The van der Waals surface area contributed by atoms with E-state index in [0.717, 1.165) is 6.20 Å². The Morgan fingerprint density at radius 2 is 0.738 bits per heavy atom. The first kappa shape index (κ1) is 87.7. The summed E-state index contributed by atoms with van der Waals surface area (Å²) in [5.41, 5.74) is 13.7. The number of nitrogens with one attached hydrogen (secondary N) is 16. The highest BCUT2D eigenvalue weighted by Crippen LogP contribution is 2.17. The van der Waals surface area contributed by atoms with Crippen LogP contribution in [0.4, 0.5) is 0 Å². The molecule has 21 N–H and O–H groups in total. The molecule has 0 fully saturated rings. The molecule has 2 heterocycles. The summed E-state index contributed by atoms with van der Waals surface area (Å²) in [5.74, 6) is -10.0. The number of aliphatic hydroxyl groups excluding tert-OH is 1. The Morgan fingerprint density at radius 1 is 0.417 bits per heavy atom. The van der Waals surface area contributed by atoms with E-state index in [1.165, 1.54) is 6.92 Å². The van der Waals surface area contributed by atoms with Crippen molar-refractivity contribution in [3.05, 3.63) is 71.6 Å². The minimum Gasteiger partial charge on any atom is -0.403 e. The van der Waals surface area contributed by atoms with Crippen molar-refractivity contribution in [2.75, 3.05) is 19.9 Å². The SMILES string of the molecule is CCC(=O)N[C@@H](CC(C)C)C(=O)N[C@@H](Cc1ccccc1)C(=O)N[C@@H](CC1=CNCN1)C(=O)N[C@@H](C)C(=O)N[C@@H](CC(C)C)C(=O)N[C@@H](CC(C)C)C(=O)N[C@@H](C/C(N)=C/N)C(=O)N[C@@H](CC(C)C)C(=O)N[C@@H](CC(C)C)C(=O)N[C@@H](CC1=CNCN1)C(=O)N[C@@H](CO)C(=O)N[C@H](C=O)CC(C)C. The molecule has 0 radical (unpaired) electrons. The number of rotatable bonds is 46. The normalized spacial score (nSPS) is 16.3. The summed E-state index contributed by atoms with van der Waals surface area (Å²) >= 11 is 0. The van der Waals surface area contributed by atoms with E-state index in [0.29, 0.717) is 43.0 Å². The van der Waals surface area contributed by atoms with Gasteiger partial charge < -0.3 is 106 Å². The van der Waals surface area contributed by atoms with Crippen LogP contribution in [0.15, 0.2) is 66.0 Å². The average Bonchev–Trinajstić information content (AvgIpc) is 1.39. The maximum atomic E-state index is 14.6. The third-order valence-corrected chi connectivity index (χ3v) is 16.5. The predicted octanol–water partition coefficient (Wildman–Crippen LogP) is -1.14. The third-order valence-electron chi connectivity index (χ3n) is 16.5. The zero-order chi connectivity index (χ0) is 77.2. The average molecular weight is 1450 g/mol. The van der Waals surface area contributed by atoms with Crippen LogP contribution in [0.25, 0.3) is 0 Å². The molecule has 103 heavy (non-hydrogen) atoms. The van der Waals surface area contributed by atoms with Gasteiger partial charge in [0.2, 0.25) is 70.9 Å². The molecule has 1 aromatic carbocycles. The molecule has 0 aromatic heterocycles. The number of carbonyl (C=O) groups excluding carboxylic acids is 13. The Bertz CT molecular complexity index is 3100. The topological polar surface area (TPSA) is 487 Å². The summed E-state index contributed by atoms with van der Waals surface area (Å²) < 4.78 is 0. The minimum absolute atomic E-state index is 0.00525. The monoisotopic (exact) mass is 1450 g/mol. The molecule has 32 heteroatoms. The maximum absolute atomic E-state index is 14.6. The van der Waals surface area contributed by atoms with Gasteiger partial charge in [0, 0.05) is 67.8 Å². The second kappa shape index (κ2) is 44.8. The van der Waals surface area contributed by atoms with Crippen LogP contribution in [0.1, 0.15) is 167 Å². The molecule has 576 valence electrons. The lowest BCUT2D eigenvalue weighted by Crippen LogP contribution is -2.61. The molecule has 2 aliphatic heterocycles. The van der Waals surface area contributed by atoms with Gasteiger partial charge >= 0.3 is 0 Å². The molecule has 0 spiro atoms. The van der Waals surface area contributed by atoms with Gasteiger partial charge in [0.05, 0.1) is 26.0 Å².